The second-order valence-electron chi connectivity index (χ2n) is 3.40. The maximum Gasteiger partial charge on any atom is 0.198 e. The summed E-state index contributed by atoms with van der Waals surface area (Å²) in [6, 6.07) is 1.75. The van der Waals surface area contributed by atoms with Crippen LogP contribution < -0.4 is 0 Å². The Bertz CT molecular complexity index is 582. The molecule has 0 spiro atoms. The third kappa shape index (κ3) is 1.91. The highest BCUT2D eigenvalue weighted by Gasteiger charge is 2.12. The first kappa shape index (κ1) is 10.4. The van der Waals surface area contributed by atoms with Crippen LogP contribution in [0.2, 0.25) is 0 Å². The Kier molecular flexibility index (Phi) is 2.67. The van der Waals surface area contributed by atoms with Gasteiger partial charge in [0, 0.05) is 36.5 Å². The van der Waals surface area contributed by atoms with Crippen molar-refractivity contribution in [3.63, 3.8) is 0 Å². The van der Waals surface area contributed by atoms with Crippen molar-refractivity contribution >= 4 is 0 Å². The third-order valence-corrected chi connectivity index (χ3v) is 2.29. The summed E-state index contributed by atoms with van der Waals surface area (Å²) in [6.07, 6.45) is 12.4. The van der Waals surface area contributed by atoms with Crippen LogP contribution in [0.3, 0.4) is 0 Å². The van der Waals surface area contributed by atoms with Crippen molar-refractivity contribution in [2.24, 2.45) is 0 Å². The van der Waals surface area contributed by atoms with Gasteiger partial charge in [-0.2, -0.15) is 0 Å². The van der Waals surface area contributed by atoms with Gasteiger partial charge in [-0.25, -0.2) is 19.9 Å². The molecule has 0 fully saturated rings. The van der Waals surface area contributed by atoms with E-state index >= 15 is 0 Å². The highest BCUT2D eigenvalue weighted by molar-refractivity contribution is 5.73. The van der Waals surface area contributed by atoms with E-state index in [2.05, 4.69) is 36.2 Å². The van der Waals surface area contributed by atoms with Gasteiger partial charge in [0.1, 0.15) is 5.69 Å². The lowest BCUT2D eigenvalue weighted by atomic mass is 10.1. The van der Waals surface area contributed by atoms with Crippen LogP contribution >= 0.6 is 0 Å². The molecule has 0 saturated heterocycles. The third-order valence-electron chi connectivity index (χ3n) is 2.29. The smallest absolute Gasteiger partial charge is 0.198 e. The molecule has 0 aliphatic rings. The second kappa shape index (κ2) is 4.62. The molecule has 0 aliphatic carbocycles. The Morgan fingerprint density at radius 1 is 0.889 bits per heavy atom. The minimum Gasteiger partial charge on any atom is -0.261 e. The molecule has 6 heteroatoms. The molecule has 3 heterocycles. The molecule has 85 valence electrons. The number of nitrogens with zero attached hydrogens (tertiary/aromatic N) is 6. The van der Waals surface area contributed by atoms with Crippen LogP contribution in [0.25, 0.3) is 22.8 Å². The molecule has 0 unspecified atom stereocenters. The second-order valence-corrected chi connectivity index (χ2v) is 3.40. The number of hydrogen-bond donors (Lipinski definition) is 0. The maximum atomic E-state index is 4.22. The summed E-state index contributed by atoms with van der Waals surface area (Å²) in [5.41, 5.74) is 1.99. The van der Waals surface area contributed by atoms with Crippen LogP contribution in [0.5, 0.6) is 0 Å². The van der Waals surface area contributed by atoms with Crippen molar-refractivity contribution in [2.45, 2.75) is 0 Å². The highest BCUT2D eigenvalue weighted by atomic mass is 14.9. The molecule has 1 radical (unpaired) electrons. The summed E-state index contributed by atoms with van der Waals surface area (Å²) in [7, 11) is 0. The van der Waals surface area contributed by atoms with Crippen LogP contribution in [0.15, 0.2) is 43.2 Å². The van der Waals surface area contributed by atoms with Gasteiger partial charge in [-0.05, 0) is 6.07 Å². The maximum absolute atomic E-state index is 4.22. The molecule has 0 N–H and O–H groups in total. The fourth-order valence-corrected chi connectivity index (χ4v) is 1.51. The van der Waals surface area contributed by atoms with Crippen molar-refractivity contribution in [1.82, 2.24) is 29.9 Å². The Morgan fingerprint density at radius 2 is 1.78 bits per heavy atom. The average molecular weight is 235 g/mol. The number of rotatable bonds is 2. The first-order valence-corrected chi connectivity index (χ1v) is 5.22. The van der Waals surface area contributed by atoms with E-state index in [-0.39, 0.29) is 0 Å². The standard InChI is InChI=1S/C12H7N6/c1-2-16-12(17-3-1)11-9(6-14-8-18-11)10-7-13-4-5-15-10/h1-7H. The molecule has 6 nitrogen and oxygen atoms in total. The molecule has 0 bridgehead atoms. The Hall–Kier alpha value is -2.76. The fourth-order valence-electron chi connectivity index (χ4n) is 1.51. The predicted molar refractivity (Wildman–Crippen MR) is 62.9 cm³/mol. The zero-order valence-electron chi connectivity index (χ0n) is 9.22. The van der Waals surface area contributed by atoms with E-state index < -0.39 is 0 Å². The molecular formula is C12H7N6. The minimum atomic E-state index is 0.511. The Morgan fingerprint density at radius 3 is 2.56 bits per heavy atom. The summed E-state index contributed by atoms with van der Waals surface area (Å²) in [6.45, 7) is 0. The van der Waals surface area contributed by atoms with E-state index in [1.165, 1.54) is 0 Å². The molecule has 3 aromatic heterocycles. The summed E-state index contributed by atoms with van der Waals surface area (Å²) >= 11 is 0. The van der Waals surface area contributed by atoms with Crippen LogP contribution in [0.4, 0.5) is 0 Å². The van der Waals surface area contributed by atoms with E-state index in [0.717, 1.165) is 5.56 Å². The average Bonchev–Trinajstić information content (AvgIpc) is 2.49. The molecule has 18 heavy (non-hydrogen) atoms. The predicted octanol–water partition coefficient (Wildman–Crippen LogP) is 1.19. The Balaban J connectivity index is 2.18. The lowest BCUT2D eigenvalue weighted by molar-refractivity contribution is 1.09. The van der Waals surface area contributed by atoms with Gasteiger partial charge in [0.15, 0.2) is 12.2 Å². The van der Waals surface area contributed by atoms with Crippen molar-refractivity contribution in [3.05, 3.63) is 49.6 Å². The molecule has 0 aliphatic heterocycles. The summed E-state index contributed by atoms with van der Waals surface area (Å²) < 4.78 is 0. The number of aromatic nitrogens is 6. The summed E-state index contributed by atoms with van der Waals surface area (Å²) in [5.74, 6) is 0.511. The van der Waals surface area contributed by atoms with E-state index in [1.807, 2.05) is 0 Å². The molecule has 3 rings (SSSR count). The van der Waals surface area contributed by atoms with Gasteiger partial charge in [-0.3, -0.25) is 9.97 Å². The highest BCUT2D eigenvalue weighted by Crippen LogP contribution is 2.24. The first-order chi connectivity index (χ1) is 8.95. The summed E-state index contributed by atoms with van der Waals surface area (Å²) in [5, 5.41) is 0. The van der Waals surface area contributed by atoms with Crippen LogP contribution in [-0.2, 0) is 0 Å². The van der Waals surface area contributed by atoms with Crippen LogP contribution in [-0.4, -0.2) is 29.9 Å². The lowest BCUT2D eigenvalue weighted by Gasteiger charge is -2.04. The molecule has 0 amide bonds. The zero-order chi connectivity index (χ0) is 12.2. The van der Waals surface area contributed by atoms with Crippen LogP contribution in [0, 0.1) is 6.33 Å². The van der Waals surface area contributed by atoms with E-state index in [1.54, 1.807) is 43.2 Å². The van der Waals surface area contributed by atoms with E-state index in [9.17, 15) is 0 Å². The lowest BCUT2D eigenvalue weighted by Crippen LogP contribution is -1.96. The van der Waals surface area contributed by atoms with Gasteiger partial charge in [0.2, 0.25) is 0 Å². The van der Waals surface area contributed by atoms with Gasteiger partial charge in [0.05, 0.1) is 11.9 Å². The van der Waals surface area contributed by atoms with Gasteiger partial charge in [-0.1, -0.05) is 0 Å². The monoisotopic (exact) mass is 235 g/mol. The SMILES string of the molecule is [c]1ncc(-c2cnccn2)c(-c2ncccn2)n1. The first-order valence-electron chi connectivity index (χ1n) is 5.22. The fraction of sp³-hybridized carbons (Fsp3) is 0. The van der Waals surface area contributed by atoms with Crippen molar-refractivity contribution in [2.75, 3.05) is 0 Å². The largest absolute Gasteiger partial charge is 0.261 e. The molecule has 0 saturated carbocycles. The van der Waals surface area contributed by atoms with Crippen molar-refractivity contribution in [3.8, 4) is 22.8 Å². The van der Waals surface area contributed by atoms with E-state index in [4.69, 9.17) is 0 Å². The topological polar surface area (TPSA) is 77.3 Å². The Labute approximate surface area is 103 Å². The molecule has 0 aromatic carbocycles. The van der Waals surface area contributed by atoms with Gasteiger partial charge < -0.3 is 0 Å². The quantitative estimate of drug-likeness (QED) is 0.664. The molecule has 3 aromatic rings. The number of hydrogen-bond acceptors (Lipinski definition) is 6. The van der Waals surface area contributed by atoms with Gasteiger partial charge in [-0.15, -0.1) is 0 Å². The van der Waals surface area contributed by atoms with Crippen molar-refractivity contribution < 1.29 is 0 Å². The minimum absolute atomic E-state index is 0.511. The summed E-state index contributed by atoms with van der Waals surface area (Å²) in [4.78, 5) is 24.6. The molecule has 0 atom stereocenters. The van der Waals surface area contributed by atoms with E-state index in [0.29, 0.717) is 17.2 Å². The molecular weight excluding hydrogens is 228 g/mol. The van der Waals surface area contributed by atoms with Crippen molar-refractivity contribution in [1.29, 1.82) is 0 Å². The van der Waals surface area contributed by atoms with Gasteiger partial charge in [0.25, 0.3) is 0 Å². The normalized spacial score (nSPS) is 10.2. The zero-order valence-corrected chi connectivity index (χ0v) is 9.22. The van der Waals surface area contributed by atoms with Gasteiger partial charge >= 0.3 is 0 Å². The van der Waals surface area contributed by atoms with Crippen LogP contribution in [0.1, 0.15) is 0 Å².